The van der Waals surface area contributed by atoms with Crippen LogP contribution < -0.4 is 5.32 Å². The first-order valence-corrected chi connectivity index (χ1v) is 9.02. The molecule has 0 amide bonds. The molecular weight excluding hydrogens is 286 g/mol. The predicted octanol–water partition coefficient (Wildman–Crippen LogP) is 5.47. The fraction of sp³-hybridized carbons (Fsp3) is 0.700. The third kappa shape index (κ3) is 8.38. The molecule has 1 rings (SSSR count). The lowest BCUT2D eigenvalue weighted by Gasteiger charge is -2.31. The van der Waals surface area contributed by atoms with Crippen LogP contribution in [-0.2, 0) is 9.47 Å². The number of hydrogen-bond donors (Lipinski definition) is 1. The molecular formula is C20H35NO2. The third-order valence-electron chi connectivity index (χ3n) is 4.61. The Labute approximate surface area is 142 Å². The molecule has 0 aliphatic carbocycles. The number of benzene rings is 1. The maximum absolute atomic E-state index is 5.56. The monoisotopic (exact) mass is 321 g/mol. The predicted molar refractivity (Wildman–Crippen MR) is 98.8 cm³/mol. The lowest BCUT2D eigenvalue weighted by molar-refractivity contribution is -0.203. The van der Waals surface area contributed by atoms with Gasteiger partial charge in [0.05, 0.1) is 0 Å². The van der Waals surface area contributed by atoms with Crippen LogP contribution in [0.3, 0.4) is 0 Å². The first-order chi connectivity index (χ1) is 11.1. The second-order valence-electron chi connectivity index (χ2n) is 6.56. The SMILES string of the molecule is CCCCCCCC(CNc1ccccc1)CC(C)(OC)OC. The van der Waals surface area contributed by atoms with Gasteiger partial charge >= 0.3 is 0 Å². The van der Waals surface area contributed by atoms with Crippen LogP contribution in [0, 0.1) is 5.92 Å². The number of methoxy groups -OCH3 is 2. The fourth-order valence-electron chi connectivity index (χ4n) is 2.91. The van der Waals surface area contributed by atoms with Crippen molar-refractivity contribution in [2.75, 3.05) is 26.1 Å². The summed E-state index contributed by atoms with van der Waals surface area (Å²) in [6.45, 7) is 5.24. The van der Waals surface area contributed by atoms with Crippen molar-refractivity contribution in [3.05, 3.63) is 30.3 Å². The molecule has 1 N–H and O–H groups in total. The highest BCUT2D eigenvalue weighted by Crippen LogP contribution is 2.26. The van der Waals surface area contributed by atoms with Crippen molar-refractivity contribution in [2.45, 2.75) is 64.6 Å². The standard InChI is InChI=1S/C20H35NO2/c1-5-6-7-8-10-13-18(16-20(2,22-3)23-4)17-21-19-14-11-9-12-15-19/h9,11-12,14-15,18,21H,5-8,10,13,16-17H2,1-4H3. The fourth-order valence-corrected chi connectivity index (χ4v) is 2.91. The van der Waals surface area contributed by atoms with Gasteiger partial charge in [-0.25, -0.2) is 0 Å². The van der Waals surface area contributed by atoms with Gasteiger partial charge in [0.15, 0.2) is 5.79 Å². The van der Waals surface area contributed by atoms with E-state index in [1.807, 2.05) is 13.0 Å². The van der Waals surface area contributed by atoms with Gasteiger partial charge in [-0.1, -0.05) is 57.2 Å². The van der Waals surface area contributed by atoms with E-state index in [0.29, 0.717) is 5.92 Å². The number of anilines is 1. The Bertz CT molecular complexity index is 390. The van der Waals surface area contributed by atoms with Crippen molar-refractivity contribution in [1.82, 2.24) is 0 Å². The van der Waals surface area contributed by atoms with E-state index in [2.05, 4.69) is 36.5 Å². The minimum Gasteiger partial charge on any atom is -0.385 e. The molecule has 23 heavy (non-hydrogen) atoms. The van der Waals surface area contributed by atoms with Crippen molar-refractivity contribution in [1.29, 1.82) is 0 Å². The summed E-state index contributed by atoms with van der Waals surface area (Å²) in [6, 6.07) is 10.4. The normalized spacial score (nSPS) is 13.0. The largest absolute Gasteiger partial charge is 0.385 e. The van der Waals surface area contributed by atoms with Crippen molar-refractivity contribution >= 4 is 5.69 Å². The molecule has 0 fully saturated rings. The van der Waals surface area contributed by atoms with Crippen molar-refractivity contribution in [2.24, 2.45) is 5.92 Å². The summed E-state index contributed by atoms with van der Waals surface area (Å²) in [5, 5.41) is 3.56. The summed E-state index contributed by atoms with van der Waals surface area (Å²) >= 11 is 0. The van der Waals surface area contributed by atoms with Gasteiger partial charge in [-0.15, -0.1) is 0 Å². The Morgan fingerprint density at radius 1 is 1.00 bits per heavy atom. The lowest BCUT2D eigenvalue weighted by atomic mass is 9.93. The van der Waals surface area contributed by atoms with E-state index in [4.69, 9.17) is 9.47 Å². The topological polar surface area (TPSA) is 30.5 Å². The smallest absolute Gasteiger partial charge is 0.165 e. The van der Waals surface area contributed by atoms with Gasteiger partial charge in [0, 0.05) is 32.9 Å². The second kappa shape index (κ2) is 11.5. The van der Waals surface area contributed by atoms with Gasteiger partial charge in [-0.2, -0.15) is 0 Å². The second-order valence-corrected chi connectivity index (χ2v) is 6.56. The van der Waals surface area contributed by atoms with Crippen LogP contribution in [0.25, 0.3) is 0 Å². The number of unbranched alkanes of at least 4 members (excludes halogenated alkanes) is 4. The number of para-hydroxylation sites is 1. The number of ether oxygens (including phenoxy) is 2. The Morgan fingerprint density at radius 2 is 1.65 bits per heavy atom. The van der Waals surface area contributed by atoms with E-state index >= 15 is 0 Å². The minimum absolute atomic E-state index is 0.494. The van der Waals surface area contributed by atoms with Crippen LogP contribution in [0.5, 0.6) is 0 Å². The molecule has 132 valence electrons. The molecule has 1 aromatic rings. The van der Waals surface area contributed by atoms with E-state index in [1.165, 1.54) is 44.2 Å². The zero-order valence-corrected chi connectivity index (χ0v) is 15.4. The van der Waals surface area contributed by atoms with Gasteiger partial charge in [0.25, 0.3) is 0 Å². The third-order valence-corrected chi connectivity index (χ3v) is 4.61. The zero-order valence-electron chi connectivity index (χ0n) is 15.4. The van der Waals surface area contributed by atoms with Crippen LogP contribution >= 0.6 is 0 Å². The maximum Gasteiger partial charge on any atom is 0.165 e. The zero-order chi connectivity index (χ0) is 17.0. The molecule has 0 saturated heterocycles. The molecule has 0 spiro atoms. The van der Waals surface area contributed by atoms with Gasteiger partial charge < -0.3 is 14.8 Å². The van der Waals surface area contributed by atoms with Gasteiger partial charge in [-0.3, -0.25) is 0 Å². The Balaban J connectivity index is 2.49. The van der Waals surface area contributed by atoms with E-state index in [1.54, 1.807) is 14.2 Å². The van der Waals surface area contributed by atoms with Crippen LogP contribution in [-0.4, -0.2) is 26.6 Å². The van der Waals surface area contributed by atoms with Crippen LogP contribution in [0.15, 0.2) is 30.3 Å². The summed E-state index contributed by atoms with van der Waals surface area (Å²) < 4.78 is 11.1. The molecule has 1 unspecified atom stereocenters. The molecule has 3 nitrogen and oxygen atoms in total. The Kier molecular flexibility index (Phi) is 9.97. The Morgan fingerprint density at radius 3 is 2.26 bits per heavy atom. The molecule has 0 bridgehead atoms. The van der Waals surface area contributed by atoms with Crippen LogP contribution in [0.4, 0.5) is 5.69 Å². The van der Waals surface area contributed by atoms with Gasteiger partial charge in [-0.05, 0) is 31.4 Å². The number of nitrogens with one attached hydrogen (secondary N) is 1. The summed E-state index contributed by atoms with van der Waals surface area (Å²) in [4.78, 5) is 0. The Hall–Kier alpha value is -1.06. The van der Waals surface area contributed by atoms with E-state index < -0.39 is 5.79 Å². The summed E-state index contributed by atoms with van der Waals surface area (Å²) in [5.74, 6) is 0.0497. The van der Waals surface area contributed by atoms with Crippen molar-refractivity contribution < 1.29 is 9.47 Å². The van der Waals surface area contributed by atoms with Crippen molar-refractivity contribution in [3.8, 4) is 0 Å². The molecule has 0 aliphatic rings. The highest BCUT2D eigenvalue weighted by Gasteiger charge is 2.27. The molecule has 0 radical (unpaired) electrons. The molecule has 1 atom stereocenters. The molecule has 0 saturated carbocycles. The van der Waals surface area contributed by atoms with Gasteiger partial charge in [0.2, 0.25) is 0 Å². The average Bonchev–Trinajstić information content (AvgIpc) is 2.60. The maximum atomic E-state index is 5.56. The van der Waals surface area contributed by atoms with Gasteiger partial charge in [0.1, 0.15) is 0 Å². The minimum atomic E-state index is -0.494. The first-order valence-electron chi connectivity index (χ1n) is 9.02. The molecule has 3 heteroatoms. The van der Waals surface area contributed by atoms with Crippen molar-refractivity contribution in [3.63, 3.8) is 0 Å². The van der Waals surface area contributed by atoms with E-state index in [9.17, 15) is 0 Å². The molecule has 0 heterocycles. The molecule has 0 aromatic heterocycles. The van der Waals surface area contributed by atoms with E-state index in [0.717, 1.165) is 13.0 Å². The lowest BCUT2D eigenvalue weighted by Crippen LogP contribution is -2.34. The first kappa shape index (κ1) is 20.0. The summed E-state index contributed by atoms with van der Waals surface area (Å²) in [6.07, 6.45) is 8.73. The number of rotatable bonds is 13. The number of hydrogen-bond acceptors (Lipinski definition) is 3. The highest BCUT2D eigenvalue weighted by molar-refractivity contribution is 5.42. The van der Waals surface area contributed by atoms with E-state index in [-0.39, 0.29) is 0 Å². The molecule has 0 aliphatic heterocycles. The van der Waals surface area contributed by atoms with Crippen LogP contribution in [0.2, 0.25) is 0 Å². The quantitative estimate of drug-likeness (QED) is 0.386. The summed E-state index contributed by atoms with van der Waals surface area (Å²) in [7, 11) is 3.46. The molecule has 1 aromatic carbocycles. The average molecular weight is 322 g/mol. The summed E-state index contributed by atoms with van der Waals surface area (Å²) in [5.41, 5.74) is 1.18. The highest BCUT2D eigenvalue weighted by atomic mass is 16.7. The van der Waals surface area contributed by atoms with Crippen LogP contribution in [0.1, 0.15) is 58.8 Å².